The molecule has 5 heteroatoms. The zero-order chi connectivity index (χ0) is 16.1. The number of hydrogen-bond donors (Lipinski definition) is 1. The van der Waals surface area contributed by atoms with Crippen LogP contribution in [0.5, 0.6) is 0 Å². The minimum Gasteiger partial charge on any atom is -0.381 e. The van der Waals surface area contributed by atoms with E-state index in [1.54, 1.807) is 0 Å². The lowest BCUT2D eigenvalue weighted by molar-refractivity contribution is -0.123. The van der Waals surface area contributed by atoms with Crippen LogP contribution < -0.4 is 5.32 Å². The zero-order valence-corrected chi connectivity index (χ0v) is 14.2. The van der Waals surface area contributed by atoms with Crippen molar-refractivity contribution in [3.8, 4) is 0 Å². The van der Waals surface area contributed by atoms with Gasteiger partial charge in [0.05, 0.1) is 0 Å². The average Bonchev–Trinajstić information content (AvgIpc) is 3.04. The molecule has 0 spiro atoms. The molecule has 0 bridgehead atoms. The maximum absolute atomic E-state index is 12.1. The molecule has 1 amide bonds. The van der Waals surface area contributed by atoms with Gasteiger partial charge in [-0.15, -0.1) is 0 Å². The molecule has 0 aliphatic carbocycles. The Balaban J connectivity index is 1.37. The van der Waals surface area contributed by atoms with Gasteiger partial charge in [-0.3, -0.25) is 9.69 Å². The Morgan fingerprint density at radius 1 is 1.22 bits per heavy atom. The summed E-state index contributed by atoms with van der Waals surface area (Å²) >= 11 is 5.92. The Hall–Kier alpha value is -1.10. The van der Waals surface area contributed by atoms with Gasteiger partial charge in [0, 0.05) is 50.3 Å². The molecular formula is C18H25ClN2O2. The molecule has 2 aliphatic rings. The molecule has 0 saturated carbocycles. The van der Waals surface area contributed by atoms with E-state index >= 15 is 0 Å². The first-order valence-corrected chi connectivity index (χ1v) is 8.91. The largest absolute Gasteiger partial charge is 0.381 e. The lowest BCUT2D eigenvalue weighted by Crippen LogP contribution is -2.44. The minimum absolute atomic E-state index is 0.191. The van der Waals surface area contributed by atoms with Crippen LogP contribution in [0.25, 0.3) is 0 Å². The molecule has 2 heterocycles. The highest BCUT2D eigenvalue weighted by molar-refractivity contribution is 6.30. The Kier molecular flexibility index (Phi) is 5.92. The third-order valence-electron chi connectivity index (χ3n) is 4.77. The molecule has 1 N–H and O–H groups in total. The van der Waals surface area contributed by atoms with E-state index in [4.69, 9.17) is 16.3 Å². The van der Waals surface area contributed by atoms with Crippen LogP contribution in [0.15, 0.2) is 24.3 Å². The topological polar surface area (TPSA) is 41.6 Å². The molecule has 0 radical (unpaired) electrons. The van der Waals surface area contributed by atoms with E-state index in [0.717, 1.165) is 57.1 Å². The second-order valence-electron chi connectivity index (χ2n) is 6.68. The lowest BCUT2D eigenvalue weighted by Gasteiger charge is -2.32. The smallest absolute Gasteiger partial charge is 0.220 e. The van der Waals surface area contributed by atoms with E-state index in [1.165, 1.54) is 5.56 Å². The fourth-order valence-electron chi connectivity index (χ4n) is 3.38. The minimum atomic E-state index is 0.191. The van der Waals surface area contributed by atoms with Gasteiger partial charge < -0.3 is 10.1 Å². The highest BCUT2D eigenvalue weighted by atomic mass is 35.5. The van der Waals surface area contributed by atoms with Crippen molar-refractivity contribution in [2.75, 3.05) is 26.3 Å². The monoisotopic (exact) mass is 336 g/mol. The molecule has 1 atom stereocenters. The third kappa shape index (κ3) is 5.20. The Labute approximate surface area is 143 Å². The number of nitrogens with one attached hydrogen (secondary N) is 1. The summed E-state index contributed by atoms with van der Waals surface area (Å²) in [6.07, 6.45) is 3.69. The molecule has 3 rings (SSSR count). The van der Waals surface area contributed by atoms with Gasteiger partial charge in [0.1, 0.15) is 0 Å². The van der Waals surface area contributed by atoms with Crippen LogP contribution in [0.1, 0.15) is 31.2 Å². The van der Waals surface area contributed by atoms with Crippen molar-refractivity contribution in [3.05, 3.63) is 34.9 Å². The van der Waals surface area contributed by atoms with Crippen molar-refractivity contribution in [3.63, 3.8) is 0 Å². The molecule has 1 aromatic rings. The van der Waals surface area contributed by atoms with Crippen LogP contribution in [0.3, 0.4) is 0 Å². The number of piperidine rings is 1. The standard InChI is InChI=1S/C18H25ClN2O2/c19-16-3-1-14(2-4-16)12-21-8-5-17(6-9-21)20-18(22)11-15-7-10-23-13-15/h1-4,15,17H,5-13H2,(H,20,22)/t15-/m0/s1. The number of likely N-dealkylation sites (tertiary alicyclic amines) is 1. The van der Waals surface area contributed by atoms with Crippen molar-refractivity contribution >= 4 is 17.5 Å². The Bertz CT molecular complexity index is 506. The molecule has 126 valence electrons. The van der Waals surface area contributed by atoms with E-state index in [2.05, 4.69) is 22.3 Å². The van der Waals surface area contributed by atoms with E-state index in [0.29, 0.717) is 18.4 Å². The highest BCUT2D eigenvalue weighted by Gasteiger charge is 2.23. The number of ether oxygens (including phenoxy) is 1. The number of carbonyl (C=O) groups excluding carboxylic acids is 1. The predicted octanol–water partition coefficient (Wildman–Crippen LogP) is 2.85. The van der Waals surface area contributed by atoms with Crippen LogP contribution in [-0.4, -0.2) is 43.2 Å². The summed E-state index contributed by atoms with van der Waals surface area (Å²) in [6, 6.07) is 8.37. The number of hydrogen-bond acceptors (Lipinski definition) is 3. The molecule has 0 unspecified atom stereocenters. The van der Waals surface area contributed by atoms with Gasteiger partial charge in [0.15, 0.2) is 0 Å². The fraction of sp³-hybridized carbons (Fsp3) is 0.611. The number of rotatable bonds is 5. The highest BCUT2D eigenvalue weighted by Crippen LogP contribution is 2.18. The van der Waals surface area contributed by atoms with Crippen molar-refractivity contribution in [1.29, 1.82) is 0 Å². The second-order valence-corrected chi connectivity index (χ2v) is 7.11. The summed E-state index contributed by atoms with van der Waals surface area (Å²) in [4.78, 5) is 14.5. The molecule has 23 heavy (non-hydrogen) atoms. The van der Waals surface area contributed by atoms with Crippen LogP contribution in [0.2, 0.25) is 5.02 Å². The van der Waals surface area contributed by atoms with E-state index in [1.807, 2.05) is 12.1 Å². The van der Waals surface area contributed by atoms with Crippen molar-refractivity contribution in [2.45, 2.75) is 38.3 Å². The molecular weight excluding hydrogens is 312 g/mol. The van der Waals surface area contributed by atoms with Gasteiger partial charge in [-0.2, -0.15) is 0 Å². The summed E-state index contributed by atoms with van der Waals surface area (Å²) in [5.74, 6) is 0.608. The summed E-state index contributed by atoms with van der Waals surface area (Å²) in [5.41, 5.74) is 1.29. The third-order valence-corrected chi connectivity index (χ3v) is 5.02. The second kappa shape index (κ2) is 8.13. The van der Waals surface area contributed by atoms with E-state index < -0.39 is 0 Å². The van der Waals surface area contributed by atoms with Crippen molar-refractivity contribution in [1.82, 2.24) is 10.2 Å². The maximum Gasteiger partial charge on any atom is 0.220 e. The molecule has 0 aromatic heterocycles. The fourth-order valence-corrected chi connectivity index (χ4v) is 3.50. The number of halogens is 1. The Morgan fingerprint density at radius 3 is 2.61 bits per heavy atom. The number of carbonyl (C=O) groups is 1. The van der Waals surface area contributed by atoms with Crippen molar-refractivity contribution < 1.29 is 9.53 Å². The number of nitrogens with zero attached hydrogens (tertiary/aromatic N) is 1. The van der Waals surface area contributed by atoms with E-state index in [-0.39, 0.29) is 5.91 Å². The van der Waals surface area contributed by atoms with Crippen molar-refractivity contribution in [2.24, 2.45) is 5.92 Å². The molecule has 1 aromatic carbocycles. The van der Waals surface area contributed by atoms with Gasteiger partial charge in [-0.25, -0.2) is 0 Å². The molecule has 2 fully saturated rings. The van der Waals surface area contributed by atoms with Crippen LogP contribution in [0, 0.1) is 5.92 Å². The normalized spacial score (nSPS) is 23.1. The summed E-state index contributed by atoms with van der Waals surface area (Å²) in [7, 11) is 0. The first-order chi connectivity index (χ1) is 11.2. The first-order valence-electron chi connectivity index (χ1n) is 8.53. The summed E-state index contributed by atoms with van der Waals surface area (Å²) < 4.78 is 5.33. The quantitative estimate of drug-likeness (QED) is 0.899. The lowest BCUT2D eigenvalue weighted by atomic mass is 10.0. The molecule has 2 saturated heterocycles. The number of benzene rings is 1. The average molecular weight is 337 g/mol. The van der Waals surface area contributed by atoms with Gasteiger partial charge in [-0.1, -0.05) is 23.7 Å². The van der Waals surface area contributed by atoms with Gasteiger partial charge in [0.2, 0.25) is 5.91 Å². The van der Waals surface area contributed by atoms with Gasteiger partial charge in [0.25, 0.3) is 0 Å². The number of amides is 1. The van der Waals surface area contributed by atoms with Crippen LogP contribution in [-0.2, 0) is 16.1 Å². The first kappa shape index (κ1) is 16.7. The predicted molar refractivity (Wildman–Crippen MR) is 91.4 cm³/mol. The Morgan fingerprint density at radius 2 is 1.96 bits per heavy atom. The van der Waals surface area contributed by atoms with Gasteiger partial charge in [-0.05, 0) is 42.9 Å². The zero-order valence-electron chi connectivity index (χ0n) is 13.5. The summed E-state index contributed by atoms with van der Waals surface area (Å²) in [5, 5.41) is 3.98. The van der Waals surface area contributed by atoms with Gasteiger partial charge >= 0.3 is 0 Å². The van der Waals surface area contributed by atoms with E-state index in [9.17, 15) is 4.79 Å². The molecule has 4 nitrogen and oxygen atoms in total. The maximum atomic E-state index is 12.1. The van der Waals surface area contributed by atoms with Crippen LogP contribution >= 0.6 is 11.6 Å². The SMILES string of the molecule is O=C(C[C@@H]1CCOC1)NC1CCN(Cc2ccc(Cl)cc2)CC1. The van der Waals surface area contributed by atoms with Crippen LogP contribution in [0.4, 0.5) is 0 Å². The summed E-state index contributed by atoms with van der Waals surface area (Å²) in [6.45, 7) is 4.56. The molecule has 2 aliphatic heterocycles.